The Balaban J connectivity index is 2.11. The quantitative estimate of drug-likeness (QED) is 0.746. The minimum absolute atomic E-state index is 0.0776. The molecule has 0 bridgehead atoms. The highest BCUT2D eigenvalue weighted by molar-refractivity contribution is 5.95. The van der Waals surface area contributed by atoms with Gasteiger partial charge in [0.15, 0.2) is 6.61 Å². The number of rotatable bonds is 7. The highest BCUT2D eigenvalue weighted by atomic mass is 19.4. The van der Waals surface area contributed by atoms with Gasteiger partial charge in [0.25, 0.3) is 5.91 Å². The van der Waals surface area contributed by atoms with Gasteiger partial charge in [0.05, 0.1) is 5.56 Å². The van der Waals surface area contributed by atoms with Crippen molar-refractivity contribution < 1.29 is 31.9 Å². The number of amides is 2. The Morgan fingerprint density at radius 2 is 1.74 bits per heavy atom. The fraction of sp³-hybridized carbons (Fsp3) is 0.222. The number of ether oxygens (including phenoxy) is 1. The molecule has 5 nitrogen and oxygen atoms in total. The van der Waals surface area contributed by atoms with E-state index in [1.165, 1.54) is 18.2 Å². The Bertz CT molecular complexity index is 807. The molecule has 0 aliphatic heterocycles. The van der Waals surface area contributed by atoms with E-state index in [0.717, 1.165) is 35.2 Å². The van der Waals surface area contributed by atoms with E-state index >= 15 is 0 Å². The summed E-state index contributed by atoms with van der Waals surface area (Å²) in [4.78, 5) is 24.6. The second kappa shape index (κ2) is 8.52. The van der Waals surface area contributed by atoms with E-state index in [1.807, 2.05) is 0 Å². The van der Waals surface area contributed by atoms with Crippen molar-refractivity contribution in [2.45, 2.75) is 12.6 Å². The number of benzene rings is 2. The Morgan fingerprint density at radius 3 is 2.33 bits per heavy atom. The van der Waals surface area contributed by atoms with E-state index in [4.69, 9.17) is 10.5 Å². The summed E-state index contributed by atoms with van der Waals surface area (Å²) in [6.07, 6.45) is -4.68. The van der Waals surface area contributed by atoms with E-state index in [9.17, 15) is 27.2 Å². The van der Waals surface area contributed by atoms with Gasteiger partial charge in [-0.1, -0.05) is 6.07 Å². The molecule has 0 aliphatic carbocycles. The number of alkyl halides is 3. The number of nitrogens with zero attached hydrogens (tertiary/aromatic N) is 1. The predicted octanol–water partition coefficient (Wildman–Crippen LogP) is 3.13. The summed E-state index contributed by atoms with van der Waals surface area (Å²) >= 11 is 0. The lowest BCUT2D eigenvalue weighted by Crippen LogP contribution is -2.37. The molecule has 2 amide bonds. The maximum absolute atomic E-state index is 13.1. The number of halogens is 4. The van der Waals surface area contributed by atoms with Crippen LogP contribution in [0.2, 0.25) is 0 Å². The highest BCUT2D eigenvalue weighted by Gasteiger charge is 2.30. The standard InChI is InChI=1S/C18H16F4N2O3/c19-13-4-6-14(7-5-13)24(9-8-16(23)25)17(26)11-27-15-3-1-2-12(10-15)18(20,21)22/h1-7,10H,8-9,11H2,(H2,23,25). The van der Waals surface area contributed by atoms with Crippen molar-refractivity contribution in [1.29, 1.82) is 0 Å². The Hall–Kier alpha value is -3.10. The predicted molar refractivity (Wildman–Crippen MR) is 89.5 cm³/mol. The zero-order valence-corrected chi connectivity index (χ0v) is 14.0. The zero-order chi connectivity index (χ0) is 20.0. The molecule has 0 radical (unpaired) electrons. The van der Waals surface area contributed by atoms with Crippen LogP contribution in [0.25, 0.3) is 0 Å². The molecule has 0 heterocycles. The highest BCUT2D eigenvalue weighted by Crippen LogP contribution is 2.31. The van der Waals surface area contributed by atoms with Crippen LogP contribution >= 0.6 is 0 Å². The van der Waals surface area contributed by atoms with Crippen molar-refractivity contribution in [2.24, 2.45) is 5.73 Å². The number of nitrogens with two attached hydrogens (primary N) is 1. The average molecular weight is 384 g/mol. The summed E-state index contributed by atoms with van der Waals surface area (Å²) in [7, 11) is 0. The second-order valence-electron chi connectivity index (χ2n) is 5.55. The average Bonchev–Trinajstić information content (AvgIpc) is 2.61. The van der Waals surface area contributed by atoms with Crippen LogP contribution in [0, 0.1) is 5.82 Å². The van der Waals surface area contributed by atoms with Gasteiger partial charge in [-0.05, 0) is 42.5 Å². The van der Waals surface area contributed by atoms with Gasteiger partial charge in [-0.2, -0.15) is 13.2 Å². The molecule has 0 unspecified atom stereocenters. The van der Waals surface area contributed by atoms with Crippen LogP contribution in [0.1, 0.15) is 12.0 Å². The molecule has 0 fully saturated rings. The summed E-state index contributed by atoms with van der Waals surface area (Å²) in [5.74, 6) is -1.91. The first-order valence-corrected chi connectivity index (χ1v) is 7.81. The SMILES string of the molecule is NC(=O)CCN(C(=O)COc1cccc(C(F)(F)F)c1)c1ccc(F)cc1. The second-order valence-corrected chi connectivity index (χ2v) is 5.55. The Labute approximate surface area is 152 Å². The molecule has 27 heavy (non-hydrogen) atoms. The van der Waals surface area contributed by atoms with Crippen molar-refractivity contribution >= 4 is 17.5 Å². The molecule has 2 N–H and O–H groups in total. The third-order valence-corrected chi connectivity index (χ3v) is 3.54. The largest absolute Gasteiger partial charge is 0.484 e. The van der Waals surface area contributed by atoms with E-state index in [2.05, 4.69) is 0 Å². The normalized spacial score (nSPS) is 11.1. The molecule has 0 saturated heterocycles. The topological polar surface area (TPSA) is 72.6 Å². The first kappa shape index (κ1) is 20.2. The van der Waals surface area contributed by atoms with Crippen molar-refractivity contribution in [3.63, 3.8) is 0 Å². The van der Waals surface area contributed by atoms with Gasteiger partial charge in [-0.3, -0.25) is 9.59 Å². The minimum Gasteiger partial charge on any atom is -0.484 e. The lowest BCUT2D eigenvalue weighted by atomic mass is 10.2. The monoisotopic (exact) mass is 384 g/mol. The first-order chi connectivity index (χ1) is 12.7. The van der Waals surface area contributed by atoms with E-state index in [-0.39, 0.29) is 18.7 Å². The van der Waals surface area contributed by atoms with E-state index in [1.54, 1.807) is 0 Å². The molecule has 2 rings (SSSR count). The lowest BCUT2D eigenvalue weighted by molar-refractivity contribution is -0.137. The van der Waals surface area contributed by atoms with Crippen LogP contribution in [0.5, 0.6) is 5.75 Å². The fourth-order valence-corrected chi connectivity index (χ4v) is 2.23. The lowest BCUT2D eigenvalue weighted by Gasteiger charge is -2.22. The van der Waals surface area contributed by atoms with Crippen molar-refractivity contribution in [1.82, 2.24) is 0 Å². The smallest absolute Gasteiger partial charge is 0.416 e. The molecule has 0 aliphatic rings. The van der Waals surface area contributed by atoms with Gasteiger partial charge in [0, 0.05) is 18.7 Å². The Kier molecular flexibility index (Phi) is 6.38. The van der Waals surface area contributed by atoms with E-state index in [0.29, 0.717) is 5.69 Å². The number of primary amides is 1. The number of carbonyl (C=O) groups excluding carboxylic acids is 2. The summed E-state index contributed by atoms with van der Waals surface area (Å²) in [5, 5.41) is 0. The summed E-state index contributed by atoms with van der Waals surface area (Å²) in [6, 6.07) is 9.03. The van der Waals surface area contributed by atoms with Crippen LogP contribution in [-0.4, -0.2) is 25.0 Å². The minimum atomic E-state index is -4.54. The maximum atomic E-state index is 13.1. The third-order valence-electron chi connectivity index (χ3n) is 3.54. The summed E-state index contributed by atoms with van der Waals surface area (Å²) < 4.78 is 56.4. The molecule has 2 aromatic rings. The number of hydrogen-bond acceptors (Lipinski definition) is 3. The number of hydrogen-bond donors (Lipinski definition) is 1. The van der Waals surface area contributed by atoms with Crippen molar-refractivity contribution in [2.75, 3.05) is 18.1 Å². The molecule has 9 heteroatoms. The van der Waals surface area contributed by atoms with Crippen molar-refractivity contribution in [3.05, 3.63) is 59.9 Å². The number of carbonyl (C=O) groups is 2. The van der Waals surface area contributed by atoms with Crippen LogP contribution in [-0.2, 0) is 15.8 Å². The molecule has 0 aromatic heterocycles. The molecule has 0 spiro atoms. The molecular weight excluding hydrogens is 368 g/mol. The fourth-order valence-electron chi connectivity index (χ4n) is 2.23. The Morgan fingerprint density at radius 1 is 1.07 bits per heavy atom. The van der Waals surface area contributed by atoms with Crippen LogP contribution in [0.3, 0.4) is 0 Å². The van der Waals surface area contributed by atoms with Gasteiger partial charge >= 0.3 is 6.18 Å². The molecule has 2 aromatic carbocycles. The molecular formula is C18H16F4N2O3. The third kappa shape index (κ3) is 5.98. The summed E-state index contributed by atoms with van der Waals surface area (Å²) in [5.41, 5.74) is 4.49. The van der Waals surface area contributed by atoms with Gasteiger partial charge in [-0.25, -0.2) is 4.39 Å². The number of anilines is 1. The summed E-state index contributed by atoms with van der Waals surface area (Å²) in [6.45, 7) is -0.650. The van der Waals surface area contributed by atoms with Crippen LogP contribution in [0.4, 0.5) is 23.2 Å². The van der Waals surface area contributed by atoms with Crippen molar-refractivity contribution in [3.8, 4) is 5.75 Å². The van der Waals surface area contributed by atoms with Crippen LogP contribution < -0.4 is 15.4 Å². The molecule has 0 saturated carbocycles. The van der Waals surface area contributed by atoms with Gasteiger partial charge < -0.3 is 15.4 Å². The maximum Gasteiger partial charge on any atom is 0.416 e. The molecule has 144 valence electrons. The molecule has 0 atom stereocenters. The van der Waals surface area contributed by atoms with Crippen LogP contribution in [0.15, 0.2) is 48.5 Å². The van der Waals surface area contributed by atoms with Gasteiger partial charge in [0.2, 0.25) is 5.91 Å². The van der Waals surface area contributed by atoms with E-state index < -0.39 is 36.0 Å². The zero-order valence-electron chi connectivity index (χ0n) is 14.0. The van der Waals surface area contributed by atoms with Gasteiger partial charge in [0.1, 0.15) is 11.6 Å². The van der Waals surface area contributed by atoms with Gasteiger partial charge in [-0.15, -0.1) is 0 Å². The first-order valence-electron chi connectivity index (χ1n) is 7.81.